The van der Waals surface area contributed by atoms with Crippen molar-refractivity contribution in [2.24, 2.45) is 15.0 Å². The van der Waals surface area contributed by atoms with Crippen molar-refractivity contribution in [1.82, 2.24) is 0 Å². The Morgan fingerprint density at radius 1 is 0.500 bits per heavy atom. The molecule has 0 saturated heterocycles. The van der Waals surface area contributed by atoms with Gasteiger partial charge >= 0.3 is 0 Å². The van der Waals surface area contributed by atoms with Crippen molar-refractivity contribution in [3.63, 3.8) is 0 Å². The highest BCUT2D eigenvalue weighted by Gasteiger charge is 2.19. The minimum Gasteiger partial charge on any atom is -0.455 e. The molecule has 0 aliphatic rings. The van der Waals surface area contributed by atoms with Crippen molar-refractivity contribution in [3.8, 4) is 22.3 Å². The van der Waals surface area contributed by atoms with Crippen molar-refractivity contribution < 1.29 is 4.42 Å². The van der Waals surface area contributed by atoms with Crippen LogP contribution in [0.2, 0.25) is 0 Å². The van der Waals surface area contributed by atoms with E-state index >= 15 is 0 Å². The van der Waals surface area contributed by atoms with E-state index in [9.17, 15) is 0 Å². The molecule has 52 heavy (non-hydrogen) atoms. The molecule has 0 unspecified atom stereocenters. The Balaban J connectivity index is 1.22. The molecular weight excluding hydrogens is 635 g/mol. The molecule has 9 aromatic rings. The van der Waals surface area contributed by atoms with E-state index in [4.69, 9.17) is 14.4 Å². The van der Waals surface area contributed by atoms with Crippen molar-refractivity contribution in [2.75, 3.05) is 0 Å². The molecule has 0 bridgehead atoms. The Hall–Kier alpha value is -6.91. The van der Waals surface area contributed by atoms with Gasteiger partial charge in [-0.2, -0.15) is 0 Å². The molecule has 0 N–H and O–H groups in total. The van der Waals surface area contributed by atoms with Crippen LogP contribution in [0.3, 0.4) is 0 Å². The first-order chi connectivity index (χ1) is 25.7. The topological polar surface area (TPSA) is 50.2 Å². The first kappa shape index (κ1) is 31.1. The number of furan rings is 1. The summed E-state index contributed by atoms with van der Waals surface area (Å²) < 4.78 is 6.65. The van der Waals surface area contributed by atoms with Gasteiger partial charge in [0.1, 0.15) is 11.2 Å². The lowest BCUT2D eigenvalue weighted by Crippen LogP contribution is -2.07. The van der Waals surface area contributed by atoms with Crippen LogP contribution in [0, 0.1) is 0 Å². The number of hydrogen-bond donors (Lipinski definition) is 0. The minimum absolute atomic E-state index is 0.465. The van der Waals surface area contributed by atoms with Gasteiger partial charge in [0.05, 0.1) is 6.54 Å². The molecule has 4 heteroatoms. The van der Waals surface area contributed by atoms with E-state index in [1.54, 1.807) is 0 Å². The molecule has 0 amide bonds. The van der Waals surface area contributed by atoms with Crippen LogP contribution in [0.4, 0.5) is 0 Å². The van der Waals surface area contributed by atoms with Crippen molar-refractivity contribution in [2.45, 2.75) is 6.54 Å². The summed E-state index contributed by atoms with van der Waals surface area (Å²) >= 11 is 0. The van der Waals surface area contributed by atoms with Crippen molar-refractivity contribution in [1.29, 1.82) is 0 Å². The van der Waals surface area contributed by atoms with Crippen LogP contribution in [-0.4, -0.2) is 18.4 Å². The maximum absolute atomic E-state index is 6.65. The van der Waals surface area contributed by atoms with E-state index in [-0.39, 0.29) is 0 Å². The largest absolute Gasteiger partial charge is 0.455 e. The zero-order valence-corrected chi connectivity index (χ0v) is 28.4. The molecule has 9 rings (SSSR count). The molecular formula is C48H33N3O. The van der Waals surface area contributed by atoms with E-state index in [1.165, 1.54) is 10.8 Å². The molecule has 0 saturated carbocycles. The molecule has 0 radical (unpaired) electrons. The first-order valence-corrected chi connectivity index (χ1v) is 17.4. The Kier molecular flexibility index (Phi) is 8.03. The zero-order valence-electron chi connectivity index (χ0n) is 28.4. The van der Waals surface area contributed by atoms with E-state index in [2.05, 4.69) is 145 Å². The summed E-state index contributed by atoms with van der Waals surface area (Å²) in [5.41, 5.74) is 8.89. The highest BCUT2D eigenvalue weighted by Crippen LogP contribution is 2.39. The summed E-state index contributed by atoms with van der Waals surface area (Å²) in [4.78, 5) is 15.0. The Morgan fingerprint density at radius 3 is 2.04 bits per heavy atom. The van der Waals surface area contributed by atoms with Gasteiger partial charge in [-0.3, -0.25) is 4.99 Å². The van der Waals surface area contributed by atoms with Gasteiger partial charge < -0.3 is 4.42 Å². The van der Waals surface area contributed by atoms with Crippen LogP contribution in [0.1, 0.15) is 16.7 Å². The maximum Gasteiger partial charge on any atom is 0.161 e. The van der Waals surface area contributed by atoms with Gasteiger partial charge in [0.15, 0.2) is 11.7 Å². The highest BCUT2D eigenvalue weighted by molar-refractivity contribution is 6.24. The van der Waals surface area contributed by atoms with E-state index < -0.39 is 0 Å². The van der Waals surface area contributed by atoms with Gasteiger partial charge in [0.2, 0.25) is 0 Å². The molecule has 1 heterocycles. The summed E-state index contributed by atoms with van der Waals surface area (Å²) in [5.74, 6) is 1.07. The SMILES string of the molecule is C=NC(=NC(=NCc1ccccc1)c1ccc(-c2ccccc2)c2ccccc12)c1cccc2oc3c(-c4ccc5ccccc5c4)cccc3c12. The smallest absolute Gasteiger partial charge is 0.161 e. The van der Waals surface area contributed by atoms with Crippen molar-refractivity contribution in [3.05, 3.63) is 193 Å². The summed E-state index contributed by atoms with van der Waals surface area (Å²) in [6, 6.07) is 60.8. The Labute approximate surface area is 301 Å². The number of nitrogens with zero attached hydrogens (tertiary/aromatic N) is 3. The van der Waals surface area contributed by atoms with Crippen LogP contribution in [0.25, 0.3) is 65.7 Å². The second-order valence-corrected chi connectivity index (χ2v) is 12.8. The van der Waals surface area contributed by atoms with E-state index in [0.717, 1.165) is 71.7 Å². The average Bonchev–Trinajstić information content (AvgIpc) is 3.61. The number of rotatable bonds is 6. The molecule has 0 fully saturated rings. The van der Waals surface area contributed by atoms with Crippen LogP contribution < -0.4 is 0 Å². The van der Waals surface area contributed by atoms with Gasteiger partial charge in [0.25, 0.3) is 0 Å². The second-order valence-electron chi connectivity index (χ2n) is 12.8. The number of benzene rings is 8. The third-order valence-corrected chi connectivity index (χ3v) is 9.69. The fourth-order valence-corrected chi connectivity index (χ4v) is 7.19. The Morgan fingerprint density at radius 2 is 1.21 bits per heavy atom. The van der Waals surface area contributed by atoms with Crippen LogP contribution in [0.15, 0.2) is 195 Å². The Bertz CT molecular complexity index is 2830. The summed E-state index contributed by atoms with van der Waals surface area (Å²) in [6.45, 7) is 4.48. The first-order valence-electron chi connectivity index (χ1n) is 17.4. The standard InChI is InChI=1S/C48H33N3O/c1-49-47(43-24-13-25-44-45(43)42-23-12-22-38(46(42)52-44)36-27-26-33-16-8-9-19-35(33)30-36)51-48(50-31-32-14-4-2-5-15-32)41-29-28-37(34-17-6-3-7-18-34)39-20-10-11-21-40(39)41/h2-30H,1,31H2. The number of aliphatic imine (C=N–C) groups is 3. The predicted octanol–water partition coefficient (Wildman–Crippen LogP) is 12.3. The quantitative estimate of drug-likeness (QED) is 0.129. The molecule has 0 aliphatic heterocycles. The minimum atomic E-state index is 0.465. The average molecular weight is 668 g/mol. The second kappa shape index (κ2) is 13.4. The summed E-state index contributed by atoms with van der Waals surface area (Å²) in [7, 11) is 0. The normalized spacial score (nSPS) is 12.2. The maximum atomic E-state index is 6.65. The molecule has 246 valence electrons. The molecule has 0 aliphatic carbocycles. The van der Waals surface area contributed by atoms with Gasteiger partial charge in [-0.25, -0.2) is 9.98 Å². The molecule has 8 aromatic carbocycles. The third-order valence-electron chi connectivity index (χ3n) is 9.69. The van der Waals surface area contributed by atoms with Gasteiger partial charge in [-0.1, -0.05) is 158 Å². The van der Waals surface area contributed by atoms with E-state index in [1.807, 2.05) is 42.5 Å². The lowest BCUT2D eigenvalue weighted by molar-refractivity contribution is 0.670. The fraction of sp³-hybridized carbons (Fsp3) is 0.0208. The summed E-state index contributed by atoms with van der Waals surface area (Å²) in [6.07, 6.45) is 0. The fourth-order valence-electron chi connectivity index (χ4n) is 7.19. The van der Waals surface area contributed by atoms with Crippen LogP contribution >= 0.6 is 0 Å². The lowest BCUT2D eigenvalue weighted by Gasteiger charge is -2.13. The highest BCUT2D eigenvalue weighted by atomic mass is 16.3. The zero-order chi connectivity index (χ0) is 34.9. The number of para-hydroxylation sites is 1. The number of fused-ring (bicyclic) bond motifs is 5. The monoisotopic (exact) mass is 667 g/mol. The van der Waals surface area contributed by atoms with Crippen molar-refractivity contribution >= 4 is 61.9 Å². The molecule has 4 nitrogen and oxygen atoms in total. The molecule has 1 aromatic heterocycles. The number of amidine groups is 2. The summed E-state index contributed by atoms with van der Waals surface area (Å²) in [5, 5.41) is 6.52. The van der Waals surface area contributed by atoms with Crippen LogP contribution in [-0.2, 0) is 6.54 Å². The molecule has 0 atom stereocenters. The van der Waals surface area contributed by atoms with Crippen LogP contribution in [0.5, 0.6) is 0 Å². The lowest BCUT2D eigenvalue weighted by atomic mass is 9.94. The van der Waals surface area contributed by atoms with Gasteiger partial charge in [0, 0.05) is 27.5 Å². The van der Waals surface area contributed by atoms with Gasteiger partial charge in [-0.15, -0.1) is 0 Å². The molecule has 0 spiro atoms. The third kappa shape index (κ3) is 5.66. The predicted molar refractivity (Wildman–Crippen MR) is 219 cm³/mol. The van der Waals surface area contributed by atoms with E-state index in [0.29, 0.717) is 18.2 Å². The number of hydrogen-bond acceptors (Lipinski definition) is 2. The van der Waals surface area contributed by atoms with Gasteiger partial charge in [-0.05, 0) is 68.7 Å².